The number of carbonyl (C=O) groups excluding carboxylic acids is 1. The van der Waals surface area contributed by atoms with E-state index < -0.39 is 5.54 Å². The second-order valence-corrected chi connectivity index (χ2v) is 6.83. The van der Waals surface area contributed by atoms with Gasteiger partial charge in [0.1, 0.15) is 0 Å². The van der Waals surface area contributed by atoms with Crippen molar-refractivity contribution in [1.29, 1.82) is 0 Å². The molecule has 1 amide bonds. The maximum absolute atomic E-state index is 11.5. The standard InChI is InChI=1S/C15H24N2OS/c1-10-6-7-13(11(2)8-10)19-12(3)9-15(4,17-5)14(16)18/h6-8,12,17H,9H2,1-5H3,(H2,16,18). The molecule has 1 rings (SSSR count). The molecule has 0 aliphatic heterocycles. The molecule has 106 valence electrons. The Bertz CT molecular complexity index is 461. The molecule has 2 atom stereocenters. The van der Waals surface area contributed by atoms with Crippen molar-refractivity contribution in [1.82, 2.24) is 5.32 Å². The second-order valence-electron chi connectivity index (χ2n) is 5.35. The number of carbonyl (C=O) groups is 1. The van der Waals surface area contributed by atoms with Crippen LogP contribution in [0.25, 0.3) is 0 Å². The van der Waals surface area contributed by atoms with Crippen molar-refractivity contribution in [3.8, 4) is 0 Å². The zero-order chi connectivity index (χ0) is 14.6. The number of rotatable bonds is 6. The summed E-state index contributed by atoms with van der Waals surface area (Å²) in [6.07, 6.45) is 0.705. The smallest absolute Gasteiger partial charge is 0.237 e. The van der Waals surface area contributed by atoms with Crippen LogP contribution in [0.3, 0.4) is 0 Å². The Hall–Kier alpha value is -1.00. The Morgan fingerprint density at radius 2 is 2.11 bits per heavy atom. The topological polar surface area (TPSA) is 55.1 Å². The lowest BCUT2D eigenvalue weighted by Crippen LogP contribution is -2.52. The lowest BCUT2D eigenvalue weighted by atomic mass is 9.95. The first-order valence-electron chi connectivity index (χ1n) is 6.51. The first-order chi connectivity index (χ1) is 8.78. The fraction of sp³-hybridized carbons (Fsp3) is 0.533. The zero-order valence-electron chi connectivity index (χ0n) is 12.4. The van der Waals surface area contributed by atoms with E-state index in [4.69, 9.17) is 5.73 Å². The molecular formula is C15H24N2OS. The Morgan fingerprint density at radius 3 is 2.58 bits per heavy atom. The summed E-state index contributed by atoms with van der Waals surface area (Å²) in [4.78, 5) is 12.8. The highest BCUT2D eigenvalue weighted by Gasteiger charge is 2.31. The Morgan fingerprint density at radius 1 is 1.47 bits per heavy atom. The third-order valence-corrected chi connectivity index (χ3v) is 4.73. The van der Waals surface area contributed by atoms with Crippen molar-refractivity contribution in [2.24, 2.45) is 5.73 Å². The number of nitrogens with one attached hydrogen (secondary N) is 1. The summed E-state index contributed by atoms with van der Waals surface area (Å²) < 4.78 is 0. The second kappa shape index (κ2) is 6.44. The molecule has 0 bridgehead atoms. The van der Waals surface area contributed by atoms with Crippen molar-refractivity contribution in [2.75, 3.05) is 7.05 Å². The number of amides is 1. The van der Waals surface area contributed by atoms with Gasteiger partial charge in [-0.25, -0.2) is 0 Å². The van der Waals surface area contributed by atoms with E-state index in [1.54, 1.807) is 18.8 Å². The van der Waals surface area contributed by atoms with Crippen LogP contribution in [0.1, 0.15) is 31.4 Å². The molecule has 0 spiro atoms. The molecule has 0 aliphatic carbocycles. The summed E-state index contributed by atoms with van der Waals surface area (Å²) in [7, 11) is 1.78. The summed E-state index contributed by atoms with van der Waals surface area (Å²) in [5.74, 6) is -0.303. The molecule has 3 N–H and O–H groups in total. The molecule has 1 aromatic carbocycles. The van der Waals surface area contributed by atoms with Gasteiger partial charge in [-0.15, -0.1) is 11.8 Å². The number of hydrogen-bond donors (Lipinski definition) is 2. The molecular weight excluding hydrogens is 256 g/mol. The maximum atomic E-state index is 11.5. The van der Waals surface area contributed by atoms with Gasteiger partial charge in [-0.2, -0.15) is 0 Å². The zero-order valence-corrected chi connectivity index (χ0v) is 13.2. The van der Waals surface area contributed by atoms with Crippen LogP contribution in [-0.2, 0) is 4.79 Å². The monoisotopic (exact) mass is 280 g/mol. The minimum Gasteiger partial charge on any atom is -0.368 e. The van der Waals surface area contributed by atoms with Crippen molar-refractivity contribution in [3.05, 3.63) is 29.3 Å². The Balaban J connectivity index is 2.74. The van der Waals surface area contributed by atoms with Crippen LogP contribution in [0.2, 0.25) is 0 Å². The van der Waals surface area contributed by atoms with Crippen molar-refractivity contribution in [3.63, 3.8) is 0 Å². The summed E-state index contributed by atoms with van der Waals surface area (Å²) >= 11 is 1.79. The quantitative estimate of drug-likeness (QED) is 0.788. The molecule has 4 heteroatoms. The van der Waals surface area contributed by atoms with Gasteiger partial charge in [-0.3, -0.25) is 4.79 Å². The molecule has 0 radical (unpaired) electrons. The number of benzene rings is 1. The van der Waals surface area contributed by atoms with Gasteiger partial charge in [-0.1, -0.05) is 24.6 Å². The molecule has 0 saturated carbocycles. The highest BCUT2D eigenvalue weighted by molar-refractivity contribution is 8.00. The van der Waals surface area contributed by atoms with Crippen LogP contribution in [0.4, 0.5) is 0 Å². The van der Waals surface area contributed by atoms with Crippen LogP contribution in [0.15, 0.2) is 23.1 Å². The van der Waals surface area contributed by atoms with E-state index in [0.29, 0.717) is 11.7 Å². The number of hydrogen-bond acceptors (Lipinski definition) is 3. The number of likely N-dealkylation sites (N-methyl/N-ethyl adjacent to an activating group) is 1. The fourth-order valence-corrected chi connectivity index (χ4v) is 3.33. The number of aryl methyl sites for hydroxylation is 2. The van der Waals surface area contributed by atoms with Crippen molar-refractivity contribution >= 4 is 17.7 Å². The van der Waals surface area contributed by atoms with Gasteiger partial charge < -0.3 is 11.1 Å². The minimum absolute atomic E-state index is 0.303. The third-order valence-electron chi connectivity index (χ3n) is 3.45. The number of nitrogens with two attached hydrogens (primary N) is 1. The van der Waals surface area contributed by atoms with E-state index >= 15 is 0 Å². The molecule has 0 heterocycles. The molecule has 0 aliphatic rings. The summed E-state index contributed by atoms with van der Waals surface area (Å²) in [6.45, 7) is 8.19. The summed E-state index contributed by atoms with van der Waals surface area (Å²) in [5.41, 5.74) is 7.36. The normalized spacial score (nSPS) is 15.8. The predicted octanol–water partition coefficient (Wildman–Crippen LogP) is 2.64. The van der Waals surface area contributed by atoms with E-state index in [2.05, 4.69) is 44.3 Å². The van der Waals surface area contributed by atoms with Crippen molar-refractivity contribution in [2.45, 2.75) is 49.8 Å². The molecule has 19 heavy (non-hydrogen) atoms. The van der Waals surface area contributed by atoms with E-state index in [1.165, 1.54) is 16.0 Å². The third kappa shape index (κ3) is 4.25. The van der Waals surface area contributed by atoms with Gasteiger partial charge in [0, 0.05) is 10.1 Å². The Labute approximate surface area is 120 Å². The van der Waals surface area contributed by atoms with Gasteiger partial charge in [0.15, 0.2) is 0 Å². The van der Waals surface area contributed by atoms with Gasteiger partial charge in [0.25, 0.3) is 0 Å². The highest BCUT2D eigenvalue weighted by Crippen LogP contribution is 2.31. The van der Waals surface area contributed by atoms with Crippen molar-refractivity contribution < 1.29 is 4.79 Å². The van der Waals surface area contributed by atoms with Gasteiger partial charge in [-0.05, 0) is 45.9 Å². The highest BCUT2D eigenvalue weighted by atomic mass is 32.2. The van der Waals surface area contributed by atoms with Gasteiger partial charge >= 0.3 is 0 Å². The number of primary amides is 1. The Kier molecular flexibility index (Phi) is 5.44. The fourth-order valence-electron chi connectivity index (χ4n) is 2.09. The SMILES string of the molecule is CNC(C)(CC(C)Sc1ccc(C)cc1C)C(N)=O. The molecule has 3 nitrogen and oxygen atoms in total. The van der Waals surface area contributed by atoms with E-state index in [-0.39, 0.29) is 5.91 Å². The van der Waals surface area contributed by atoms with E-state index in [9.17, 15) is 4.79 Å². The first-order valence-corrected chi connectivity index (χ1v) is 7.39. The molecule has 0 fully saturated rings. The first kappa shape index (κ1) is 16.1. The predicted molar refractivity (Wildman–Crippen MR) is 82.5 cm³/mol. The summed E-state index contributed by atoms with van der Waals surface area (Å²) in [5, 5.41) is 3.34. The van der Waals surface area contributed by atoms with E-state index in [1.807, 2.05) is 6.92 Å². The van der Waals surface area contributed by atoms with Crippen LogP contribution in [-0.4, -0.2) is 23.7 Å². The van der Waals surface area contributed by atoms with Crippen LogP contribution >= 0.6 is 11.8 Å². The van der Waals surface area contributed by atoms with Crippen LogP contribution in [0, 0.1) is 13.8 Å². The maximum Gasteiger partial charge on any atom is 0.237 e. The van der Waals surface area contributed by atoms with Gasteiger partial charge in [0.05, 0.1) is 5.54 Å². The molecule has 1 aromatic rings. The number of thioether (sulfide) groups is 1. The van der Waals surface area contributed by atoms with Gasteiger partial charge in [0.2, 0.25) is 5.91 Å². The van der Waals surface area contributed by atoms with E-state index in [0.717, 1.165) is 0 Å². The minimum atomic E-state index is -0.648. The molecule has 0 aromatic heterocycles. The average molecular weight is 280 g/mol. The lowest BCUT2D eigenvalue weighted by Gasteiger charge is -2.28. The average Bonchev–Trinajstić information content (AvgIpc) is 2.32. The lowest BCUT2D eigenvalue weighted by molar-refractivity contribution is -0.123. The summed E-state index contributed by atoms with van der Waals surface area (Å²) in [6, 6.07) is 6.45. The van der Waals surface area contributed by atoms with Crippen LogP contribution < -0.4 is 11.1 Å². The molecule has 0 saturated heterocycles. The molecule has 2 unspecified atom stereocenters. The largest absolute Gasteiger partial charge is 0.368 e. The van der Waals surface area contributed by atoms with Crippen LogP contribution in [0.5, 0.6) is 0 Å².